The number of benzene rings is 6. The summed E-state index contributed by atoms with van der Waals surface area (Å²) in [6.07, 6.45) is 0. The zero-order valence-electron chi connectivity index (χ0n) is 36.6. The molecule has 0 fully saturated rings. The van der Waals surface area contributed by atoms with E-state index in [2.05, 4.69) is 0 Å². The van der Waals surface area contributed by atoms with Crippen LogP contribution in [-0.4, -0.2) is 77.2 Å². The number of hydrogen-bond acceptors (Lipinski definition) is 11. The fourth-order valence-electron chi connectivity index (χ4n) is 7.31. The average Bonchev–Trinajstić information content (AvgIpc) is 3.23. The maximum absolute atomic E-state index is 10.9. The van der Waals surface area contributed by atoms with Gasteiger partial charge in [-0.2, -0.15) is 0 Å². The maximum atomic E-state index is 10.9. The van der Waals surface area contributed by atoms with Crippen molar-refractivity contribution >= 4 is 5.69 Å². The van der Waals surface area contributed by atoms with Crippen LogP contribution in [0.25, 0.3) is 44.5 Å². The second kappa shape index (κ2) is 18.4. The van der Waals surface area contributed by atoms with Crippen LogP contribution in [0.3, 0.4) is 0 Å². The van der Waals surface area contributed by atoms with E-state index in [1.807, 2.05) is 102 Å². The van der Waals surface area contributed by atoms with Crippen molar-refractivity contribution in [2.45, 2.75) is 34.6 Å². The number of hydrogen-bond donors (Lipinski definition) is 4. The third-order valence-electron chi connectivity index (χ3n) is 10.3. The van der Waals surface area contributed by atoms with Gasteiger partial charge in [0.15, 0.2) is 46.0 Å². The number of methoxy groups -OCH3 is 6. The van der Waals surface area contributed by atoms with E-state index in [9.17, 15) is 20.4 Å². The lowest BCUT2D eigenvalue weighted by Crippen LogP contribution is -2.11. The molecule has 0 spiro atoms. The van der Waals surface area contributed by atoms with Gasteiger partial charge in [0, 0.05) is 64.8 Å². The van der Waals surface area contributed by atoms with Crippen LogP contribution in [0, 0.1) is 34.6 Å². The summed E-state index contributed by atoms with van der Waals surface area (Å²) in [5.74, 6) is 3.00. The molecule has 0 saturated carbocycles. The van der Waals surface area contributed by atoms with Crippen LogP contribution in [0.2, 0.25) is 0 Å². The van der Waals surface area contributed by atoms with Crippen LogP contribution >= 0.6 is 0 Å². The van der Waals surface area contributed by atoms with Gasteiger partial charge >= 0.3 is 0 Å². The van der Waals surface area contributed by atoms with Crippen molar-refractivity contribution in [2.24, 2.45) is 0 Å². The Morgan fingerprint density at radius 3 is 0.917 bits per heavy atom. The summed E-state index contributed by atoms with van der Waals surface area (Å²) in [7, 11) is 13.1. The van der Waals surface area contributed by atoms with Crippen LogP contribution < -0.4 is 33.3 Å². The summed E-state index contributed by atoms with van der Waals surface area (Å²) in [6.45, 7) is 9.71. The van der Waals surface area contributed by atoms with E-state index < -0.39 is 0 Å². The second-order valence-electron chi connectivity index (χ2n) is 14.8. The Morgan fingerprint density at radius 2 is 0.600 bits per heavy atom. The van der Waals surface area contributed by atoms with E-state index in [1.165, 1.54) is 28.4 Å². The highest BCUT2D eigenvalue weighted by molar-refractivity contribution is 5.92. The molecule has 6 aromatic carbocycles. The minimum absolute atomic E-state index is 0.0287. The number of phenols is 4. The number of aromatic hydroxyl groups is 4. The van der Waals surface area contributed by atoms with Gasteiger partial charge in [0.2, 0.25) is 0 Å². The Bertz CT molecular complexity index is 2540. The first kappa shape index (κ1) is 44.2. The van der Waals surface area contributed by atoms with Gasteiger partial charge in [0.25, 0.3) is 0 Å². The zero-order valence-corrected chi connectivity index (χ0v) is 36.6. The first-order valence-corrected chi connectivity index (χ1v) is 19.1. The van der Waals surface area contributed by atoms with Crippen LogP contribution in [0.15, 0.2) is 72.8 Å². The minimum Gasteiger partial charge on any atom is -0.504 e. The fourth-order valence-corrected chi connectivity index (χ4v) is 7.31. The van der Waals surface area contributed by atoms with Gasteiger partial charge in [0.1, 0.15) is 11.5 Å². The summed E-state index contributed by atoms with van der Waals surface area (Å²) in [4.78, 5) is 1.95. The molecule has 0 aliphatic carbocycles. The quantitative estimate of drug-likeness (QED) is 0.0993. The Kier molecular flexibility index (Phi) is 13.5. The Hall–Kier alpha value is -6.88. The monoisotopic (exact) mass is 817 g/mol. The molecule has 0 radical (unpaired) electrons. The third kappa shape index (κ3) is 8.75. The van der Waals surface area contributed by atoms with Crippen LogP contribution in [0.1, 0.15) is 27.8 Å². The second-order valence-corrected chi connectivity index (χ2v) is 14.8. The number of nitrogens with zero attached hydrogens (tertiary/aromatic N) is 1. The molecule has 0 saturated heterocycles. The maximum Gasteiger partial charge on any atom is 0.165 e. The van der Waals surface area contributed by atoms with Crippen molar-refractivity contribution in [3.8, 4) is 102 Å². The number of anilines is 1. The predicted molar refractivity (Wildman–Crippen MR) is 239 cm³/mol. The molecule has 60 heavy (non-hydrogen) atoms. The van der Waals surface area contributed by atoms with Crippen molar-refractivity contribution in [3.05, 3.63) is 101 Å². The normalized spacial score (nSPS) is 10.7. The third-order valence-corrected chi connectivity index (χ3v) is 10.3. The summed E-state index contributed by atoms with van der Waals surface area (Å²) in [5, 5.41) is 43.2. The van der Waals surface area contributed by atoms with Gasteiger partial charge in [-0.05, 0) is 135 Å². The van der Waals surface area contributed by atoms with Gasteiger partial charge in [-0.15, -0.1) is 0 Å². The molecular weight excluding hydrogens is 763 g/mol. The van der Waals surface area contributed by atoms with E-state index in [1.54, 1.807) is 38.5 Å². The molecule has 11 heteroatoms. The molecule has 6 aromatic rings. The highest BCUT2D eigenvalue weighted by Crippen LogP contribution is 2.50. The summed E-state index contributed by atoms with van der Waals surface area (Å²) in [6, 6.07) is 22.3. The SMILES string of the molecule is COc1cc(C)c(-c2cc(C)cc(OC)c2O)cc1-c1cc(C)cc(OC)c1O.COc1cc(N(C)C)c(-c2cc(C)cc(OC)c2O)cc1-c1cc(C)cc(OC)c1O. The lowest BCUT2D eigenvalue weighted by molar-refractivity contribution is 0.373. The molecule has 4 N–H and O–H groups in total. The molecule has 0 aromatic heterocycles. The lowest BCUT2D eigenvalue weighted by atomic mass is 9.92. The van der Waals surface area contributed by atoms with E-state index in [0.717, 1.165) is 44.6 Å². The molecule has 0 heterocycles. The Balaban J connectivity index is 0.000000228. The fraction of sp³-hybridized carbons (Fsp3) is 0.265. The molecule has 0 atom stereocenters. The van der Waals surface area contributed by atoms with Crippen molar-refractivity contribution < 1.29 is 48.8 Å². The number of aryl methyl sites for hydroxylation is 5. The van der Waals surface area contributed by atoms with Crippen molar-refractivity contribution in [1.29, 1.82) is 0 Å². The summed E-state index contributed by atoms with van der Waals surface area (Å²) in [5.41, 5.74) is 11.0. The van der Waals surface area contributed by atoms with E-state index in [4.69, 9.17) is 28.4 Å². The van der Waals surface area contributed by atoms with E-state index >= 15 is 0 Å². The summed E-state index contributed by atoms with van der Waals surface area (Å²) < 4.78 is 32.6. The van der Waals surface area contributed by atoms with Crippen molar-refractivity contribution in [2.75, 3.05) is 61.7 Å². The van der Waals surface area contributed by atoms with Crippen LogP contribution in [-0.2, 0) is 0 Å². The Morgan fingerprint density at radius 1 is 0.317 bits per heavy atom. The van der Waals surface area contributed by atoms with Gasteiger partial charge in [0.05, 0.1) is 42.7 Å². The van der Waals surface area contributed by atoms with E-state index in [-0.39, 0.29) is 23.0 Å². The molecule has 0 aliphatic heterocycles. The average molecular weight is 818 g/mol. The van der Waals surface area contributed by atoms with Gasteiger partial charge in [-0.1, -0.05) is 0 Å². The van der Waals surface area contributed by atoms with Crippen LogP contribution in [0.4, 0.5) is 5.69 Å². The molecular formula is C49H55NO10. The van der Waals surface area contributed by atoms with Gasteiger partial charge < -0.3 is 53.7 Å². The topological polar surface area (TPSA) is 140 Å². The molecule has 11 nitrogen and oxygen atoms in total. The molecule has 316 valence electrons. The number of phenolic OH excluding ortho intramolecular Hbond substituents is 4. The minimum atomic E-state index is 0.0287. The Labute approximate surface area is 352 Å². The molecule has 0 unspecified atom stereocenters. The first-order valence-electron chi connectivity index (χ1n) is 19.1. The van der Waals surface area contributed by atoms with Crippen molar-refractivity contribution in [3.63, 3.8) is 0 Å². The van der Waals surface area contributed by atoms with Gasteiger partial charge in [-0.3, -0.25) is 0 Å². The predicted octanol–water partition coefficient (Wildman–Crippen LogP) is 10.5. The van der Waals surface area contributed by atoms with Crippen LogP contribution in [0.5, 0.6) is 57.5 Å². The zero-order chi connectivity index (χ0) is 44.2. The summed E-state index contributed by atoms with van der Waals surface area (Å²) >= 11 is 0. The standard InChI is InChI=1S/C25H29NO5.C24H26O5/c1-14-8-18(24(27)22(10-14)30-6)16-12-17(21(29-5)13-20(16)26(3)4)19-9-15(2)11-23(31-7)25(19)28;1-13-7-18(23(25)21(9-13)28-5)16-12-17(20(27-4)11-15(16)3)19-8-14(2)10-22(29-6)24(19)26/h8-13,27-28H,1-7H3;7-12,25-26H,1-6H3. The lowest BCUT2D eigenvalue weighted by Gasteiger charge is -2.23. The highest BCUT2D eigenvalue weighted by Gasteiger charge is 2.23. The largest absolute Gasteiger partial charge is 0.504 e. The smallest absolute Gasteiger partial charge is 0.165 e. The number of ether oxygens (including phenoxy) is 6. The van der Waals surface area contributed by atoms with Gasteiger partial charge in [-0.25, -0.2) is 0 Å². The number of rotatable bonds is 11. The highest BCUT2D eigenvalue weighted by atomic mass is 16.5. The molecule has 0 bridgehead atoms. The van der Waals surface area contributed by atoms with Crippen molar-refractivity contribution in [1.82, 2.24) is 0 Å². The molecule has 0 amide bonds. The molecule has 6 rings (SSSR count). The van der Waals surface area contributed by atoms with E-state index in [0.29, 0.717) is 67.9 Å². The molecule has 0 aliphatic rings. The first-order chi connectivity index (χ1) is 28.5.